The Morgan fingerprint density at radius 3 is 2.56 bits per heavy atom. The van der Waals surface area contributed by atoms with Crippen molar-refractivity contribution in [3.63, 3.8) is 0 Å². The molecule has 2 N–H and O–H groups in total. The molecule has 1 heterocycles. The molecule has 1 aliphatic heterocycles. The minimum absolute atomic E-state index is 0.370. The molecule has 0 saturated heterocycles. The first-order valence-corrected chi connectivity index (χ1v) is 5.68. The second kappa shape index (κ2) is 3.49. The number of hydrazine groups is 1. The Morgan fingerprint density at radius 2 is 1.88 bits per heavy atom. The van der Waals surface area contributed by atoms with E-state index in [1.807, 2.05) is 30.3 Å². The summed E-state index contributed by atoms with van der Waals surface area (Å²) in [6.07, 6.45) is 4.24. The fraction of sp³-hybridized carbons (Fsp3) is 0.417. The highest BCUT2D eigenvalue weighted by Gasteiger charge is 2.47. The molecule has 3 rings (SSSR count). The van der Waals surface area contributed by atoms with Crippen LogP contribution >= 0.6 is 0 Å². The van der Waals surface area contributed by atoms with Crippen molar-refractivity contribution >= 4 is 5.84 Å². The van der Waals surface area contributed by atoms with Gasteiger partial charge in [0.2, 0.25) is 5.72 Å². The summed E-state index contributed by atoms with van der Waals surface area (Å²) in [5.74, 6) is 6.87. The minimum atomic E-state index is -0.370. The molecule has 16 heavy (non-hydrogen) atoms. The normalized spacial score (nSPS) is 22.3. The van der Waals surface area contributed by atoms with Crippen LogP contribution in [0.3, 0.4) is 0 Å². The third-order valence-corrected chi connectivity index (χ3v) is 3.39. The van der Waals surface area contributed by atoms with Gasteiger partial charge in [-0.2, -0.15) is 0 Å². The summed E-state index contributed by atoms with van der Waals surface area (Å²) >= 11 is 0. The van der Waals surface area contributed by atoms with Crippen LogP contribution in [0.15, 0.2) is 35.5 Å². The molecule has 1 aromatic rings. The fourth-order valence-electron chi connectivity index (χ4n) is 2.45. The number of rotatable bonds is 1. The van der Waals surface area contributed by atoms with Gasteiger partial charge in [0.15, 0.2) is 5.84 Å². The van der Waals surface area contributed by atoms with Gasteiger partial charge >= 0.3 is 0 Å². The number of hydrogen-bond acceptors (Lipinski definition) is 4. The van der Waals surface area contributed by atoms with Gasteiger partial charge in [0, 0.05) is 18.4 Å². The summed E-state index contributed by atoms with van der Waals surface area (Å²) in [7, 11) is 0. The minimum Gasteiger partial charge on any atom is -0.364 e. The standard InChI is InChI=1S/C12H15N3O/c13-15-11(10-6-2-1-3-7-10)14-16-12(15)8-4-5-9-12/h1-3,6-7H,4-5,8-9,13H2. The molecule has 0 bridgehead atoms. The van der Waals surface area contributed by atoms with Crippen molar-refractivity contribution in [2.24, 2.45) is 11.0 Å². The first kappa shape index (κ1) is 9.66. The van der Waals surface area contributed by atoms with Crippen LogP contribution in [0, 0.1) is 0 Å². The zero-order chi connectivity index (χ0) is 11.0. The number of nitrogens with two attached hydrogens (primary N) is 1. The smallest absolute Gasteiger partial charge is 0.224 e. The van der Waals surface area contributed by atoms with E-state index < -0.39 is 0 Å². The zero-order valence-corrected chi connectivity index (χ0v) is 9.10. The largest absolute Gasteiger partial charge is 0.364 e. The van der Waals surface area contributed by atoms with Crippen LogP contribution in [-0.4, -0.2) is 16.6 Å². The maximum Gasteiger partial charge on any atom is 0.224 e. The number of oxime groups is 1. The van der Waals surface area contributed by atoms with E-state index in [0.29, 0.717) is 0 Å². The predicted octanol–water partition coefficient (Wildman–Crippen LogP) is 1.82. The molecule has 0 unspecified atom stereocenters. The lowest BCUT2D eigenvalue weighted by molar-refractivity contribution is -0.0936. The monoisotopic (exact) mass is 217 g/mol. The van der Waals surface area contributed by atoms with Gasteiger partial charge in [0.25, 0.3) is 0 Å². The van der Waals surface area contributed by atoms with E-state index in [9.17, 15) is 0 Å². The summed E-state index contributed by atoms with van der Waals surface area (Å²) in [6.45, 7) is 0. The highest BCUT2D eigenvalue weighted by Crippen LogP contribution is 2.39. The summed E-state index contributed by atoms with van der Waals surface area (Å²) in [4.78, 5) is 5.57. The van der Waals surface area contributed by atoms with Crippen LogP contribution in [0.1, 0.15) is 31.2 Å². The summed E-state index contributed by atoms with van der Waals surface area (Å²) in [6, 6.07) is 9.93. The van der Waals surface area contributed by atoms with E-state index in [1.165, 1.54) is 0 Å². The molecule has 1 fully saturated rings. The van der Waals surface area contributed by atoms with Crippen LogP contribution in [0.2, 0.25) is 0 Å². The Labute approximate surface area is 94.6 Å². The lowest BCUT2D eigenvalue weighted by Gasteiger charge is -2.29. The number of amidine groups is 1. The average molecular weight is 217 g/mol. The van der Waals surface area contributed by atoms with Crippen molar-refractivity contribution in [1.29, 1.82) is 0 Å². The molecular formula is C12H15N3O. The number of nitrogens with zero attached hydrogens (tertiary/aromatic N) is 2. The van der Waals surface area contributed by atoms with Crippen LogP contribution in [0.5, 0.6) is 0 Å². The molecule has 2 aliphatic rings. The first-order valence-electron chi connectivity index (χ1n) is 5.68. The Bertz CT molecular complexity index is 410. The Kier molecular flexibility index (Phi) is 2.11. The molecule has 1 saturated carbocycles. The van der Waals surface area contributed by atoms with Gasteiger partial charge in [-0.05, 0) is 12.8 Å². The van der Waals surface area contributed by atoms with Gasteiger partial charge in [-0.15, -0.1) is 0 Å². The molecule has 0 radical (unpaired) electrons. The maximum absolute atomic E-state index is 6.13. The molecule has 0 aromatic heterocycles. The van der Waals surface area contributed by atoms with Crippen LogP contribution in [0.4, 0.5) is 0 Å². The molecule has 0 atom stereocenters. The molecular weight excluding hydrogens is 202 g/mol. The number of hydrogen-bond donors (Lipinski definition) is 1. The molecule has 4 heteroatoms. The first-order chi connectivity index (χ1) is 7.82. The zero-order valence-electron chi connectivity index (χ0n) is 9.10. The average Bonchev–Trinajstić information content (AvgIpc) is 2.91. The van der Waals surface area contributed by atoms with Gasteiger partial charge in [-0.1, -0.05) is 35.5 Å². The highest BCUT2D eigenvalue weighted by molar-refractivity contribution is 5.99. The second-order valence-corrected chi connectivity index (χ2v) is 4.40. The quantitative estimate of drug-likeness (QED) is 0.730. The topological polar surface area (TPSA) is 50.8 Å². The van der Waals surface area contributed by atoms with E-state index in [-0.39, 0.29) is 5.72 Å². The van der Waals surface area contributed by atoms with Crippen molar-refractivity contribution in [3.8, 4) is 0 Å². The third-order valence-electron chi connectivity index (χ3n) is 3.39. The molecule has 84 valence electrons. The lowest BCUT2D eigenvalue weighted by atomic mass is 10.1. The Morgan fingerprint density at radius 1 is 1.19 bits per heavy atom. The fourth-order valence-corrected chi connectivity index (χ4v) is 2.45. The predicted molar refractivity (Wildman–Crippen MR) is 61.3 cm³/mol. The second-order valence-electron chi connectivity index (χ2n) is 4.40. The Balaban J connectivity index is 1.89. The van der Waals surface area contributed by atoms with E-state index in [1.54, 1.807) is 5.01 Å². The van der Waals surface area contributed by atoms with Crippen molar-refractivity contribution < 1.29 is 4.84 Å². The van der Waals surface area contributed by atoms with E-state index in [0.717, 1.165) is 37.1 Å². The molecule has 0 amide bonds. The summed E-state index contributed by atoms with van der Waals surface area (Å²) in [5.41, 5.74) is 0.638. The lowest BCUT2D eigenvalue weighted by Crippen LogP contribution is -2.51. The summed E-state index contributed by atoms with van der Waals surface area (Å²) in [5, 5.41) is 5.84. The van der Waals surface area contributed by atoms with Crippen LogP contribution in [-0.2, 0) is 4.84 Å². The molecule has 1 aliphatic carbocycles. The SMILES string of the molecule is NN1C(c2ccccc2)=NOC12CCCC2. The summed E-state index contributed by atoms with van der Waals surface area (Å²) < 4.78 is 0. The van der Waals surface area contributed by atoms with Crippen LogP contribution < -0.4 is 5.84 Å². The maximum atomic E-state index is 6.13. The van der Waals surface area contributed by atoms with Crippen LogP contribution in [0.25, 0.3) is 0 Å². The van der Waals surface area contributed by atoms with Gasteiger partial charge < -0.3 is 4.84 Å². The van der Waals surface area contributed by atoms with Gasteiger partial charge in [-0.3, -0.25) is 0 Å². The van der Waals surface area contributed by atoms with Crippen molar-refractivity contribution in [1.82, 2.24) is 5.01 Å². The van der Waals surface area contributed by atoms with E-state index >= 15 is 0 Å². The van der Waals surface area contributed by atoms with Gasteiger partial charge in [0.1, 0.15) is 0 Å². The Hall–Kier alpha value is -1.55. The third kappa shape index (κ3) is 1.30. The van der Waals surface area contributed by atoms with Gasteiger partial charge in [0.05, 0.1) is 0 Å². The molecule has 1 aromatic carbocycles. The van der Waals surface area contributed by atoms with Crippen molar-refractivity contribution in [3.05, 3.63) is 35.9 Å². The van der Waals surface area contributed by atoms with E-state index in [4.69, 9.17) is 10.7 Å². The molecule has 4 nitrogen and oxygen atoms in total. The highest BCUT2D eigenvalue weighted by atomic mass is 16.7. The van der Waals surface area contributed by atoms with E-state index in [2.05, 4.69) is 5.16 Å². The van der Waals surface area contributed by atoms with Crippen molar-refractivity contribution in [2.45, 2.75) is 31.4 Å². The van der Waals surface area contributed by atoms with Gasteiger partial charge in [-0.25, -0.2) is 10.9 Å². The van der Waals surface area contributed by atoms with Crippen molar-refractivity contribution in [2.75, 3.05) is 0 Å². The molecule has 1 spiro atoms. The number of benzene rings is 1.